The minimum absolute atomic E-state index is 0.187. The maximum atomic E-state index is 15.1. The molecule has 0 bridgehead atoms. The lowest BCUT2D eigenvalue weighted by molar-refractivity contribution is -0.306. The predicted octanol–water partition coefficient (Wildman–Crippen LogP) is 6.90. The van der Waals surface area contributed by atoms with Crippen molar-refractivity contribution >= 4 is 116 Å². The van der Waals surface area contributed by atoms with E-state index in [9.17, 15) is 28.8 Å². The molecule has 39 heteroatoms. The Morgan fingerprint density at radius 3 is 0.873 bits per heavy atom. The summed E-state index contributed by atoms with van der Waals surface area (Å²) in [7, 11) is 25.9. The molecule has 18 N–H and O–H groups in total. The Kier molecular flexibility index (Phi) is 32.3. The van der Waals surface area contributed by atoms with Gasteiger partial charge in [0.15, 0.2) is 49.4 Å². The maximum Gasteiger partial charge on any atom is 0.412 e. The number of benzene rings is 7. The second kappa shape index (κ2) is 43.1. The van der Waals surface area contributed by atoms with E-state index in [2.05, 4.69) is 31.9 Å². The van der Waals surface area contributed by atoms with Gasteiger partial charge in [0.2, 0.25) is 0 Å². The van der Waals surface area contributed by atoms with Crippen molar-refractivity contribution in [3.63, 3.8) is 0 Å². The zero-order valence-electron chi connectivity index (χ0n) is 72.9. The maximum absolute atomic E-state index is 15.1. The molecule has 1 aliphatic carbocycles. The largest absolute Gasteiger partial charge is 0.458 e. The van der Waals surface area contributed by atoms with Crippen molar-refractivity contribution in [2.75, 3.05) is 185 Å². The van der Waals surface area contributed by atoms with Crippen molar-refractivity contribution < 1.29 is 95.1 Å². The van der Waals surface area contributed by atoms with E-state index >= 15 is 4.79 Å². The number of amides is 6. The van der Waals surface area contributed by atoms with Crippen LogP contribution in [0.2, 0.25) is 0 Å². The lowest BCUT2D eigenvalue weighted by Gasteiger charge is -2.48. The molecule has 680 valence electrons. The Balaban J connectivity index is 0.998. The van der Waals surface area contributed by atoms with Crippen molar-refractivity contribution in [3.8, 4) is 0 Å². The molecule has 0 radical (unpaired) electrons. The van der Waals surface area contributed by atoms with Gasteiger partial charge in [-0.3, -0.25) is 36.7 Å². The van der Waals surface area contributed by atoms with Gasteiger partial charge in [0, 0.05) is 198 Å². The number of nitrogens with zero attached hydrogens (tertiary/aromatic N) is 7. The Morgan fingerprint density at radius 2 is 0.563 bits per heavy atom. The first kappa shape index (κ1) is 94.4. The van der Waals surface area contributed by atoms with Gasteiger partial charge in [-0.15, -0.1) is 0 Å². The van der Waals surface area contributed by atoms with Crippen LogP contribution in [0.15, 0.2) is 170 Å². The highest BCUT2D eigenvalue weighted by molar-refractivity contribution is 5.89. The Bertz CT molecular complexity index is 4740. The number of hydrogen-bond acceptors (Lipinski definition) is 33. The normalized spacial score (nSPS) is 24.9. The predicted molar refractivity (Wildman–Crippen MR) is 479 cm³/mol. The van der Waals surface area contributed by atoms with Crippen molar-refractivity contribution in [1.82, 2.24) is 0 Å². The van der Waals surface area contributed by atoms with Gasteiger partial charge in [-0.1, -0.05) is 12.1 Å². The molecular formula is C87H117N19O20. The summed E-state index contributed by atoms with van der Waals surface area (Å²) in [6.45, 7) is -1.68. The molecule has 6 amide bonds. The van der Waals surface area contributed by atoms with Crippen LogP contribution < -0.4 is 101 Å². The van der Waals surface area contributed by atoms with Crippen LogP contribution >= 0.6 is 0 Å². The van der Waals surface area contributed by atoms with E-state index in [0.29, 0.717) is 34.0 Å². The summed E-state index contributed by atoms with van der Waals surface area (Å²) in [5.74, 6) is -0.828. The van der Waals surface area contributed by atoms with Gasteiger partial charge in [-0.25, -0.2) is 28.8 Å². The van der Waals surface area contributed by atoms with Crippen LogP contribution in [0, 0.1) is 0 Å². The molecular weight excluding hydrogens is 1630 g/mol. The Morgan fingerprint density at radius 1 is 0.302 bits per heavy atom. The van der Waals surface area contributed by atoms with E-state index in [0.717, 1.165) is 39.8 Å². The monoisotopic (exact) mass is 1750 g/mol. The van der Waals surface area contributed by atoms with E-state index in [4.69, 9.17) is 96.0 Å². The molecule has 11 rings (SSSR count). The summed E-state index contributed by atoms with van der Waals surface area (Å²) in [6, 6.07) is 42.0. The van der Waals surface area contributed by atoms with E-state index in [1.165, 1.54) is 0 Å². The number of esters is 1. The molecule has 19 atom stereocenters. The van der Waals surface area contributed by atoms with E-state index in [1.54, 1.807) is 158 Å². The van der Waals surface area contributed by atoms with Crippen molar-refractivity contribution in [1.29, 1.82) is 0 Å². The Hall–Kier alpha value is -12.3. The number of rotatable bonds is 31. The van der Waals surface area contributed by atoms with Gasteiger partial charge >= 0.3 is 42.5 Å². The number of nitrogens with two attached hydrogens (primary N) is 6. The highest BCUT2D eigenvalue weighted by Gasteiger charge is 2.59. The quantitative estimate of drug-likeness (QED) is 0.0155. The topological polar surface area (TPSA) is 490 Å². The number of ether oxygens (including phenoxy) is 13. The standard InChI is InChI=1S/C87H117N19O20/c1-100(2)55-29-15-48(16-30-55)43-67(107)118-70-62(90)44-63(91)71(119-79-68(92)75(124-85(111)97-52-23-37-59(38-24-52)104(9)10)72(64(45-88)115-79)122-83(109)95-50-19-33-57(34-20-50)102(5)6)77(70)121-81-78(126-87(113)99-54-27-41-61(42-28-54)106(13)14)74(66(117-81)47-114-82(108)94-49-17-31-56(32-18-49)101(3)4)120-80-69(93)76(125-86(112)98-53-25-39-60(40-26-53)105(11)12)73(65(46-89)116-80)123-84(110)96-51-21-35-58(36-22-51)103(7)8/h15-42,62-66,68-81H,43-47,88-93H2,1-14H3,(H,94,108)(H,95,109)(H,96,110)(H,97,111)(H,98,112)(H,99,113)/t62-,63+,64-,65+,66-,68-,69-,70+,71-,72-,73-,74-,75-,76-,77-,78-,79-,80-,81+/m1/s1. The average Bonchev–Trinajstić information content (AvgIpc) is 1.55. The van der Waals surface area contributed by atoms with Crippen LogP contribution in [0.25, 0.3) is 0 Å². The fourth-order valence-corrected chi connectivity index (χ4v) is 14.5. The third kappa shape index (κ3) is 24.9. The summed E-state index contributed by atoms with van der Waals surface area (Å²) in [5.41, 5.74) is 50.2. The van der Waals surface area contributed by atoms with Crippen LogP contribution in [-0.4, -0.2) is 277 Å². The number of carbonyl (C=O) groups is 7. The van der Waals surface area contributed by atoms with Crippen LogP contribution in [0.5, 0.6) is 0 Å². The molecule has 0 unspecified atom stereocenters. The van der Waals surface area contributed by atoms with Crippen molar-refractivity contribution in [3.05, 3.63) is 175 Å². The summed E-state index contributed by atoms with van der Waals surface area (Å²) < 4.78 is 85.2. The molecule has 126 heavy (non-hydrogen) atoms. The second-order valence-corrected chi connectivity index (χ2v) is 32.2. The fraction of sp³-hybridized carbons (Fsp3) is 0.437. The average molecular weight is 1750 g/mol. The smallest absolute Gasteiger partial charge is 0.412 e. The van der Waals surface area contributed by atoms with Crippen molar-refractivity contribution in [2.24, 2.45) is 34.4 Å². The van der Waals surface area contributed by atoms with Gasteiger partial charge in [-0.05, 0) is 170 Å². The van der Waals surface area contributed by atoms with E-state index in [1.807, 2.05) is 145 Å². The highest BCUT2D eigenvalue weighted by atomic mass is 16.8. The number of nitrogens with one attached hydrogen (secondary N) is 6. The molecule has 0 aromatic heterocycles. The first-order valence-corrected chi connectivity index (χ1v) is 40.9. The zero-order valence-corrected chi connectivity index (χ0v) is 72.9. The van der Waals surface area contributed by atoms with Gasteiger partial charge in [0.1, 0.15) is 49.3 Å². The molecule has 7 aromatic carbocycles. The number of hydrogen-bond donors (Lipinski definition) is 12. The molecule has 4 fully saturated rings. The first-order chi connectivity index (χ1) is 60.1. The highest BCUT2D eigenvalue weighted by Crippen LogP contribution is 2.40. The van der Waals surface area contributed by atoms with E-state index < -0.39 is 179 Å². The fourth-order valence-electron chi connectivity index (χ4n) is 14.5. The molecule has 4 aliphatic rings. The summed E-state index contributed by atoms with van der Waals surface area (Å²) >= 11 is 0. The molecule has 1 saturated carbocycles. The third-order valence-electron chi connectivity index (χ3n) is 21.5. The molecule has 3 heterocycles. The van der Waals surface area contributed by atoms with Crippen LogP contribution in [0.3, 0.4) is 0 Å². The lowest BCUT2D eigenvalue weighted by Crippen LogP contribution is -2.69. The van der Waals surface area contributed by atoms with Gasteiger partial charge < -0.3 is 130 Å². The molecule has 3 aliphatic heterocycles. The lowest BCUT2D eigenvalue weighted by atomic mass is 9.84. The SMILES string of the molecule is CN(C)c1ccc(CC(=O)O[C@@H]2[C@@H](O[C@@H]3O[C@H](COC(=O)Nc4ccc(N(C)C)cc4)[C@@H](O[C@H]4O[C@@H](CN)[C@@H](OC(=O)Nc5ccc(N(C)C)cc5)[C@H](OC(=O)Nc5ccc(N(C)C)cc5)[C@H]4N)[C@H]3OC(=O)Nc3ccc(N(C)C)cc3)[C@H](O[C@H]3O[C@H](CN)[C@@H](OC(=O)Nc4ccc(N(C)C)cc4)[C@H](OC(=O)Nc4ccc(N(C)C)cc4)[C@H]3N)[C@@H](N)C[C@H]2N)cc1. The number of carbonyl (C=O) groups excluding carboxylic acids is 7. The first-order valence-electron chi connectivity index (χ1n) is 40.9. The molecule has 7 aromatic rings. The van der Waals surface area contributed by atoms with E-state index in [-0.39, 0.29) is 18.5 Å². The Labute approximate surface area is 731 Å². The number of anilines is 13. The van der Waals surface area contributed by atoms with Crippen LogP contribution in [0.4, 0.5) is 103 Å². The van der Waals surface area contributed by atoms with Crippen LogP contribution in [-0.2, 0) is 72.8 Å². The summed E-state index contributed by atoms with van der Waals surface area (Å²) in [4.78, 5) is 115. The minimum Gasteiger partial charge on any atom is -0.458 e. The second-order valence-electron chi connectivity index (χ2n) is 32.2. The minimum atomic E-state index is -2.02. The van der Waals surface area contributed by atoms with Gasteiger partial charge in [0.05, 0.1) is 18.5 Å². The molecule has 39 nitrogen and oxygen atoms in total. The summed E-state index contributed by atoms with van der Waals surface area (Å²) in [6.07, 6.45) is -32.4. The van der Waals surface area contributed by atoms with Crippen molar-refractivity contribution in [2.45, 2.75) is 129 Å². The third-order valence-corrected chi connectivity index (χ3v) is 21.5. The van der Waals surface area contributed by atoms with Crippen LogP contribution in [0.1, 0.15) is 12.0 Å². The zero-order chi connectivity index (χ0) is 90.9. The van der Waals surface area contributed by atoms with Gasteiger partial charge in [0.25, 0.3) is 0 Å². The molecule has 3 saturated heterocycles. The van der Waals surface area contributed by atoms with Gasteiger partial charge in [-0.2, -0.15) is 0 Å². The summed E-state index contributed by atoms with van der Waals surface area (Å²) in [5, 5.41) is 16.3. The molecule has 0 spiro atoms.